The Labute approximate surface area is 346 Å². The molecule has 0 bridgehead atoms. The second kappa shape index (κ2) is 11.4. The van der Waals surface area contributed by atoms with E-state index in [2.05, 4.69) is 0 Å². The molecule has 1 unspecified atom stereocenters. The van der Waals surface area contributed by atoms with Crippen LogP contribution in [0.15, 0.2) is 192 Å². The molecule has 0 saturated carbocycles. The van der Waals surface area contributed by atoms with Gasteiger partial charge in [-0.15, -0.1) is 0 Å². The zero-order valence-electron chi connectivity index (χ0n) is 50.6. The lowest BCUT2D eigenvalue weighted by Crippen LogP contribution is -2.28. The van der Waals surface area contributed by atoms with Gasteiger partial charge in [0, 0.05) is 22.1 Å². The first-order valence-electron chi connectivity index (χ1n) is 28.0. The van der Waals surface area contributed by atoms with Gasteiger partial charge in [0.05, 0.1) is 52.3 Å². The third-order valence-electron chi connectivity index (χ3n) is 10.6. The topological polar surface area (TPSA) is 16.4 Å². The fourth-order valence-corrected chi connectivity index (χ4v) is 8.27. The van der Waals surface area contributed by atoms with Gasteiger partial charge in [0.2, 0.25) is 0 Å². The summed E-state index contributed by atoms with van der Waals surface area (Å²) in [4.78, 5) is 1.19. The molecule has 256 valence electrons. The summed E-state index contributed by atoms with van der Waals surface area (Å²) in [6.07, 6.45) is 0. The minimum atomic E-state index is -2.69. The molecule has 1 aromatic heterocycles. The van der Waals surface area contributed by atoms with Gasteiger partial charge in [-0.3, -0.25) is 0 Å². The highest BCUT2D eigenvalue weighted by Crippen LogP contribution is 2.60. The number of hydrogen-bond donors (Lipinski definition) is 0. The molecule has 2 aliphatic carbocycles. The monoisotopic (exact) mass is 713 g/mol. The number of fused-ring (bicyclic) bond motifs is 9. The minimum Gasteiger partial charge on any atom is -0.456 e. The number of rotatable bonds is 5. The smallest absolute Gasteiger partial charge is 0.137 e. The first-order chi connectivity index (χ1) is 35.6. The molecule has 11 rings (SSSR count). The third-order valence-corrected chi connectivity index (χ3v) is 10.6. The van der Waals surface area contributed by atoms with Crippen molar-refractivity contribution in [1.82, 2.24) is 0 Å². The highest BCUT2D eigenvalue weighted by molar-refractivity contribution is 6.14. The first-order valence-corrected chi connectivity index (χ1v) is 17.0. The van der Waals surface area contributed by atoms with Gasteiger partial charge in [0.25, 0.3) is 0 Å². The predicted octanol–water partition coefficient (Wildman–Crippen LogP) is 13.7. The van der Waals surface area contributed by atoms with E-state index in [1.807, 2.05) is 0 Å². The Morgan fingerprint density at radius 3 is 2.09 bits per heavy atom. The summed E-state index contributed by atoms with van der Waals surface area (Å²) in [5, 5.41) is 0.264. The number of para-hydroxylation sites is 1. The molecule has 8 aromatic carbocycles. The molecule has 0 N–H and O–H groups in total. The average Bonchev–Trinajstić information content (AvgIpc) is 4.14. The van der Waals surface area contributed by atoms with Crippen molar-refractivity contribution >= 4 is 39.0 Å². The molecule has 2 nitrogen and oxygen atoms in total. The zero-order chi connectivity index (χ0) is 55.2. The van der Waals surface area contributed by atoms with Gasteiger partial charge in [-0.1, -0.05) is 165 Å². The second-order valence-electron chi connectivity index (χ2n) is 13.6. The van der Waals surface area contributed by atoms with Crippen LogP contribution in [-0.4, -0.2) is 0 Å². The van der Waals surface area contributed by atoms with Gasteiger partial charge >= 0.3 is 0 Å². The summed E-state index contributed by atoms with van der Waals surface area (Å²) in [7, 11) is 0. The van der Waals surface area contributed by atoms with E-state index in [-0.39, 0.29) is 96.9 Å². The van der Waals surface area contributed by atoms with E-state index in [0.717, 1.165) is 18.2 Å². The van der Waals surface area contributed by atoms with E-state index >= 15 is 0 Å². The molecule has 0 amide bonds. The highest BCUT2D eigenvalue weighted by Gasteiger charge is 2.47. The van der Waals surface area contributed by atoms with Crippen LogP contribution >= 0.6 is 0 Å². The van der Waals surface area contributed by atoms with Gasteiger partial charge in [0.15, 0.2) is 0 Å². The molecule has 0 radical (unpaired) electrons. The SMILES string of the molecule is [2H]c1cc(N(c2c([2H])cc3c(c2[2H])C(C)(C)c2cc([2H])c([2H])c([2H])c2-3)c2c([2H])c([2H])c([2H])c3c2-c2cc([2H])c([2H])c([2H])c2C3(c2cc([2H])c([2H])c([2H])c2)c2c([2H])c([2H])c([2H])c([2H])c2[2H])c2c(c1)oc1cc([2H])c([2H])cc12. The van der Waals surface area contributed by atoms with Crippen molar-refractivity contribution in [3.63, 3.8) is 0 Å². The normalized spacial score (nSPS) is 21.9. The Kier molecular flexibility index (Phi) is 3.42. The number of furan rings is 1. The maximum atomic E-state index is 10.4. The standard InChI is InChI=1S/C52H37NO/c1-51(2)41-24-12-9-21-37(41)38-32-31-36(33-44(38)51)53(46-28-16-30-48-50(46)40-23-11-14-29-47(40)54-48)45-27-15-26-43-49(45)39-22-10-13-25-42(39)52(43,34-17-5-3-6-18-34)35-19-7-4-8-20-35/h3-33H,1-2H3/i3D,4D,5D,6D,7D,8D,9D,10D,11D,12D,13D,14D,15D,16D,17D,18D,21D,25D,26D,27D,31D,33D. The maximum absolute atomic E-state index is 10.4. The zero-order valence-corrected chi connectivity index (χ0v) is 28.6. The van der Waals surface area contributed by atoms with Crippen LogP contribution in [0, 0.1) is 0 Å². The molecule has 2 heteroatoms. The maximum Gasteiger partial charge on any atom is 0.137 e. The quantitative estimate of drug-likeness (QED) is 0.177. The Hall–Kier alpha value is -6.64. The van der Waals surface area contributed by atoms with E-state index in [1.54, 1.807) is 13.8 Å². The van der Waals surface area contributed by atoms with Crippen molar-refractivity contribution < 1.29 is 34.6 Å². The van der Waals surface area contributed by atoms with E-state index in [4.69, 9.17) is 22.2 Å². The molecule has 9 aromatic rings. The average molecular weight is 714 g/mol. The molecular formula is C52H37NO. The first kappa shape index (κ1) is 16.2. The lowest BCUT2D eigenvalue weighted by molar-refractivity contribution is 0.660. The Morgan fingerprint density at radius 2 is 1.20 bits per heavy atom. The van der Waals surface area contributed by atoms with Crippen molar-refractivity contribution in [1.29, 1.82) is 0 Å². The van der Waals surface area contributed by atoms with Crippen LogP contribution in [0.4, 0.5) is 17.1 Å². The van der Waals surface area contributed by atoms with Gasteiger partial charge in [-0.05, 0) is 86.4 Å². The number of nitrogens with zero attached hydrogens (tertiary/aromatic N) is 1. The molecule has 0 spiro atoms. The van der Waals surface area contributed by atoms with E-state index in [0.29, 0.717) is 5.56 Å². The molecule has 2 aliphatic rings. The Bertz CT molecular complexity index is 4150. The summed E-state index contributed by atoms with van der Waals surface area (Å²) in [6.45, 7) is 3.44. The van der Waals surface area contributed by atoms with Gasteiger partial charge < -0.3 is 9.32 Å². The van der Waals surface area contributed by atoms with Crippen LogP contribution in [0.3, 0.4) is 0 Å². The van der Waals surface area contributed by atoms with Crippen molar-refractivity contribution in [2.45, 2.75) is 24.7 Å². The van der Waals surface area contributed by atoms with Gasteiger partial charge in [-0.2, -0.15) is 0 Å². The van der Waals surface area contributed by atoms with Crippen LogP contribution in [0.5, 0.6) is 0 Å². The van der Waals surface area contributed by atoms with E-state index in [9.17, 15) is 12.3 Å². The molecule has 0 fully saturated rings. The van der Waals surface area contributed by atoms with Crippen molar-refractivity contribution in [2.24, 2.45) is 0 Å². The molecule has 1 heterocycles. The summed E-state index contributed by atoms with van der Waals surface area (Å²) < 4.78 is 209. The number of benzene rings is 8. The van der Waals surface area contributed by atoms with Crippen LogP contribution in [0.25, 0.3) is 44.2 Å². The molecule has 54 heavy (non-hydrogen) atoms. The minimum absolute atomic E-state index is 0.0216. The summed E-state index contributed by atoms with van der Waals surface area (Å²) in [6, 6.07) is -2.58. The Morgan fingerprint density at radius 1 is 0.481 bits per heavy atom. The summed E-state index contributed by atoms with van der Waals surface area (Å²) in [5.41, 5.74) is -6.54. The fraction of sp³-hybridized carbons (Fsp3) is 0.0769. The Balaban J connectivity index is 1.43. The molecule has 0 saturated heterocycles. The van der Waals surface area contributed by atoms with Gasteiger partial charge in [0.1, 0.15) is 11.2 Å². The van der Waals surface area contributed by atoms with Crippen molar-refractivity contribution in [3.8, 4) is 22.3 Å². The van der Waals surface area contributed by atoms with Crippen LogP contribution in [-0.2, 0) is 10.8 Å². The molecule has 0 aliphatic heterocycles. The molecular weight excluding hydrogens is 655 g/mol. The van der Waals surface area contributed by atoms with E-state index < -0.39 is 136 Å². The number of anilines is 3. The number of hydrogen-bond acceptors (Lipinski definition) is 2. The fourth-order valence-electron chi connectivity index (χ4n) is 8.27. The molecule has 1 atom stereocenters. The van der Waals surface area contributed by atoms with Crippen molar-refractivity contribution in [3.05, 3.63) is 221 Å². The predicted molar refractivity (Wildman–Crippen MR) is 223 cm³/mol. The summed E-state index contributed by atoms with van der Waals surface area (Å²) in [5.74, 6) is 0. The highest BCUT2D eigenvalue weighted by atomic mass is 16.3. The van der Waals surface area contributed by atoms with Crippen LogP contribution < -0.4 is 4.90 Å². The lowest BCUT2D eigenvalue weighted by atomic mass is 9.68. The lowest BCUT2D eigenvalue weighted by Gasteiger charge is -2.34. The van der Waals surface area contributed by atoms with E-state index in [1.165, 1.54) is 41.3 Å². The van der Waals surface area contributed by atoms with Crippen molar-refractivity contribution in [2.75, 3.05) is 4.90 Å². The second-order valence-corrected chi connectivity index (χ2v) is 13.6. The largest absolute Gasteiger partial charge is 0.456 e. The van der Waals surface area contributed by atoms with Gasteiger partial charge in [-0.25, -0.2) is 0 Å². The third kappa shape index (κ3) is 4.11. The summed E-state index contributed by atoms with van der Waals surface area (Å²) >= 11 is 0. The van der Waals surface area contributed by atoms with Crippen LogP contribution in [0.2, 0.25) is 0 Å². The van der Waals surface area contributed by atoms with Crippen LogP contribution in [0.1, 0.15) is 77.4 Å².